The number of aliphatic hydroxyl groups excluding tert-OH is 1. The molecule has 0 atom stereocenters. The number of hydrogen-bond acceptors (Lipinski definition) is 4. The number of hydrogen-bond donors (Lipinski definition) is 2. The van der Waals surface area contributed by atoms with Crippen LogP contribution in [0.5, 0.6) is 0 Å². The molecule has 1 aromatic carbocycles. The summed E-state index contributed by atoms with van der Waals surface area (Å²) in [4.78, 5) is 0.750. The molecule has 0 saturated heterocycles. The average molecular weight is 386 g/mol. The number of anilines is 1. The average Bonchev–Trinajstić information content (AvgIpc) is 3.19. The molecule has 0 aliphatic heterocycles. The molecule has 0 unspecified atom stereocenters. The number of nitrogens with zero attached hydrogens (tertiary/aromatic N) is 1. The number of aliphatic hydroxyl groups is 1. The zero-order chi connectivity index (χ0) is 18.5. The summed E-state index contributed by atoms with van der Waals surface area (Å²) < 4.78 is 14.7. The van der Waals surface area contributed by atoms with Gasteiger partial charge in [-0.2, -0.15) is 4.57 Å². The van der Waals surface area contributed by atoms with Gasteiger partial charge in [0.1, 0.15) is 5.82 Å². The van der Waals surface area contributed by atoms with Crippen molar-refractivity contribution < 1.29 is 19.2 Å². The Labute approximate surface area is 159 Å². The third-order valence-corrected chi connectivity index (χ3v) is 4.74. The van der Waals surface area contributed by atoms with E-state index in [2.05, 4.69) is 5.32 Å². The Morgan fingerprint density at radius 1 is 1.19 bits per heavy atom. The molecule has 0 amide bonds. The summed E-state index contributed by atoms with van der Waals surface area (Å²) in [5.41, 5.74) is 1.47. The van der Waals surface area contributed by atoms with Crippen molar-refractivity contribution >= 4 is 45.7 Å². The first-order valence-electron chi connectivity index (χ1n) is 7.72. The van der Waals surface area contributed by atoms with E-state index in [1.54, 1.807) is 53.4 Å². The number of rotatable bonds is 5. The molecule has 26 heavy (non-hydrogen) atoms. The van der Waals surface area contributed by atoms with Crippen LogP contribution in [-0.4, -0.2) is 10.1 Å². The third-order valence-electron chi connectivity index (χ3n) is 3.58. The van der Waals surface area contributed by atoms with E-state index in [4.69, 9.17) is 12.2 Å². The van der Waals surface area contributed by atoms with Crippen molar-refractivity contribution in [3.8, 4) is 0 Å². The number of thiocarbonyl (C=S) groups is 1. The number of aromatic nitrogens is 1. The van der Waals surface area contributed by atoms with E-state index >= 15 is 0 Å². The van der Waals surface area contributed by atoms with Crippen LogP contribution in [0, 0.1) is 5.82 Å². The summed E-state index contributed by atoms with van der Waals surface area (Å²) in [6.07, 6.45) is 3.35. The molecule has 2 heterocycles. The quantitative estimate of drug-likeness (QED) is 0.306. The highest BCUT2D eigenvalue weighted by atomic mass is 32.1. The maximum absolute atomic E-state index is 13.1. The van der Waals surface area contributed by atoms with Crippen molar-refractivity contribution in [3.63, 3.8) is 0 Å². The van der Waals surface area contributed by atoms with Gasteiger partial charge in [0.2, 0.25) is 5.70 Å². The fourth-order valence-corrected chi connectivity index (χ4v) is 3.32. The first-order valence-corrected chi connectivity index (χ1v) is 9.01. The van der Waals surface area contributed by atoms with Gasteiger partial charge in [0.25, 0.3) is 0 Å². The van der Waals surface area contributed by atoms with Crippen molar-refractivity contribution in [1.82, 2.24) is 0 Å². The molecule has 3 rings (SSSR count). The Bertz CT molecular complexity index is 938. The highest BCUT2D eigenvalue weighted by Crippen LogP contribution is 2.21. The number of pyridine rings is 1. The molecular weight excluding hydrogens is 371 g/mol. The molecule has 2 N–H and O–H groups in total. The van der Waals surface area contributed by atoms with E-state index in [1.807, 2.05) is 5.38 Å². The molecule has 0 bridgehead atoms. The Kier molecular flexibility index (Phi) is 5.72. The Hall–Kier alpha value is -2.61. The van der Waals surface area contributed by atoms with E-state index in [1.165, 1.54) is 23.5 Å². The SMILES string of the molecule is [O-]C(=C(C(=S)Nc1ccc(F)cc1)[n+]1cccc(CO)c1)c1cccs1. The van der Waals surface area contributed by atoms with Crippen LogP contribution in [0.1, 0.15) is 10.4 Å². The van der Waals surface area contributed by atoms with Gasteiger partial charge < -0.3 is 15.5 Å². The van der Waals surface area contributed by atoms with Crippen molar-refractivity contribution in [2.45, 2.75) is 6.61 Å². The number of benzene rings is 1. The summed E-state index contributed by atoms with van der Waals surface area (Å²) in [5.74, 6) is -0.593. The third kappa shape index (κ3) is 4.13. The van der Waals surface area contributed by atoms with Gasteiger partial charge in [-0.15, -0.1) is 11.3 Å². The molecule has 7 heteroatoms. The minimum absolute atomic E-state index is 0.153. The first-order chi connectivity index (χ1) is 12.6. The van der Waals surface area contributed by atoms with Crippen molar-refractivity contribution in [2.75, 3.05) is 5.32 Å². The van der Waals surface area contributed by atoms with Crippen molar-refractivity contribution in [3.05, 3.63) is 82.6 Å². The lowest BCUT2D eigenvalue weighted by molar-refractivity contribution is -0.578. The smallest absolute Gasteiger partial charge is 0.239 e. The number of thiophene rings is 1. The fraction of sp³-hybridized carbons (Fsp3) is 0.0526. The highest BCUT2D eigenvalue weighted by molar-refractivity contribution is 7.81. The maximum Gasteiger partial charge on any atom is 0.239 e. The Morgan fingerprint density at radius 3 is 2.62 bits per heavy atom. The van der Waals surface area contributed by atoms with Crippen LogP contribution in [0.25, 0.3) is 11.5 Å². The molecule has 132 valence electrons. The second-order valence-corrected chi connectivity index (χ2v) is 6.75. The Balaban J connectivity index is 2.04. The molecule has 0 spiro atoms. The summed E-state index contributed by atoms with van der Waals surface area (Å²) >= 11 is 6.78. The van der Waals surface area contributed by atoms with Crippen LogP contribution in [0.4, 0.5) is 10.1 Å². The lowest BCUT2D eigenvalue weighted by atomic mass is 10.2. The summed E-state index contributed by atoms with van der Waals surface area (Å²) in [5, 5.41) is 27.2. The van der Waals surface area contributed by atoms with Crippen molar-refractivity contribution in [2.24, 2.45) is 0 Å². The number of nitrogens with one attached hydrogen (secondary N) is 1. The van der Waals surface area contributed by atoms with Gasteiger partial charge in [-0.1, -0.05) is 18.3 Å². The largest absolute Gasteiger partial charge is 0.867 e. The molecule has 0 fully saturated rings. The second-order valence-electron chi connectivity index (χ2n) is 5.39. The minimum atomic E-state index is -0.356. The lowest BCUT2D eigenvalue weighted by Crippen LogP contribution is -2.40. The molecule has 0 aliphatic carbocycles. The number of halogens is 1. The molecular formula is C19H15FN2O2S2. The van der Waals surface area contributed by atoms with Crippen LogP contribution < -0.4 is 15.0 Å². The van der Waals surface area contributed by atoms with E-state index in [9.17, 15) is 14.6 Å². The van der Waals surface area contributed by atoms with Crippen LogP contribution in [0.2, 0.25) is 0 Å². The van der Waals surface area contributed by atoms with Gasteiger partial charge in [0.05, 0.1) is 6.61 Å². The predicted molar refractivity (Wildman–Crippen MR) is 103 cm³/mol. The summed E-state index contributed by atoms with van der Waals surface area (Å²) in [6.45, 7) is -0.153. The minimum Gasteiger partial charge on any atom is -0.867 e. The highest BCUT2D eigenvalue weighted by Gasteiger charge is 2.20. The molecule has 2 aromatic heterocycles. The molecule has 3 aromatic rings. The zero-order valence-electron chi connectivity index (χ0n) is 13.6. The van der Waals surface area contributed by atoms with Crippen LogP contribution >= 0.6 is 23.6 Å². The standard InChI is InChI=1S/C19H15FN2O2S2/c20-14-5-7-15(8-6-14)21-19(25)17(18(24)16-4-2-10-26-16)22-9-1-3-13(11-22)12-23/h1-11,23H,12H2,(H-,21,24,25). The molecule has 0 aliphatic rings. The van der Waals surface area contributed by atoms with Gasteiger partial charge in [-0.25, -0.2) is 4.39 Å². The zero-order valence-corrected chi connectivity index (χ0v) is 15.2. The van der Waals surface area contributed by atoms with Crippen LogP contribution in [0.3, 0.4) is 0 Å². The first kappa shape index (κ1) is 18.2. The maximum atomic E-state index is 13.1. The van der Waals surface area contributed by atoms with Gasteiger partial charge in [0.15, 0.2) is 17.4 Å². The monoisotopic (exact) mass is 386 g/mol. The van der Waals surface area contributed by atoms with Crippen molar-refractivity contribution in [1.29, 1.82) is 0 Å². The van der Waals surface area contributed by atoms with E-state index in [-0.39, 0.29) is 28.9 Å². The summed E-state index contributed by atoms with van der Waals surface area (Å²) in [7, 11) is 0. The topological polar surface area (TPSA) is 59.2 Å². The van der Waals surface area contributed by atoms with Gasteiger partial charge >= 0.3 is 0 Å². The molecule has 0 saturated carbocycles. The lowest BCUT2D eigenvalue weighted by Gasteiger charge is -2.15. The molecule has 0 radical (unpaired) electrons. The normalized spacial score (nSPS) is 11.8. The van der Waals surface area contributed by atoms with E-state index in [0.29, 0.717) is 16.1 Å². The molecule has 4 nitrogen and oxygen atoms in total. The van der Waals surface area contributed by atoms with Gasteiger partial charge in [-0.05, 0) is 47.5 Å². The van der Waals surface area contributed by atoms with E-state index < -0.39 is 0 Å². The Morgan fingerprint density at radius 2 is 1.96 bits per heavy atom. The van der Waals surface area contributed by atoms with E-state index in [0.717, 1.165) is 0 Å². The van der Waals surface area contributed by atoms with Gasteiger partial charge in [-0.3, -0.25) is 0 Å². The van der Waals surface area contributed by atoms with Gasteiger partial charge in [0, 0.05) is 22.2 Å². The van der Waals surface area contributed by atoms with Crippen LogP contribution in [-0.2, 0) is 6.61 Å². The second kappa shape index (κ2) is 8.18. The van der Waals surface area contributed by atoms with Crippen LogP contribution in [0.15, 0.2) is 66.3 Å². The summed E-state index contributed by atoms with van der Waals surface area (Å²) in [6, 6.07) is 12.7. The fourth-order valence-electron chi connectivity index (χ4n) is 2.34. The predicted octanol–water partition coefficient (Wildman–Crippen LogP) is 2.79.